The Bertz CT molecular complexity index is 1090. The van der Waals surface area contributed by atoms with Gasteiger partial charge in [-0.2, -0.15) is 0 Å². The highest BCUT2D eigenvalue weighted by Gasteiger charge is 2.25. The Labute approximate surface area is 160 Å². The van der Waals surface area contributed by atoms with Crippen molar-refractivity contribution in [3.05, 3.63) is 56.4 Å². The van der Waals surface area contributed by atoms with Crippen LogP contribution in [0.15, 0.2) is 29.1 Å². The summed E-state index contributed by atoms with van der Waals surface area (Å²) in [5.41, 5.74) is 2.92. The van der Waals surface area contributed by atoms with Gasteiger partial charge in [0.25, 0.3) is 5.56 Å². The molecule has 0 saturated carbocycles. The molecule has 0 fully saturated rings. The second kappa shape index (κ2) is 6.81. The van der Waals surface area contributed by atoms with Gasteiger partial charge in [-0.25, -0.2) is 9.78 Å². The zero-order chi connectivity index (χ0) is 19.1. The number of esters is 1. The minimum absolute atomic E-state index is 0.211. The SMILES string of the molecule is COC(=O)c1sc2nc(CN3c4ccccc4CC[C@H]3C)[nH]c(=O)c2c1C. The fraction of sp³-hybridized carbons (Fsp3) is 0.350. The minimum Gasteiger partial charge on any atom is -0.465 e. The van der Waals surface area contributed by atoms with Crippen molar-refractivity contribution in [1.82, 2.24) is 9.97 Å². The predicted molar refractivity (Wildman–Crippen MR) is 107 cm³/mol. The maximum Gasteiger partial charge on any atom is 0.348 e. The Morgan fingerprint density at radius 2 is 2.19 bits per heavy atom. The number of ether oxygens (including phenoxy) is 1. The van der Waals surface area contributed by atoms with Crippen LogP contribution in [-0.2, 0) is 17.7 Å². The Kier molecular flexibility index (Phi) is 4.47. The standard InChI is InChI=1S/C20H21N3O3S/c1-11-8-9-13-6-4-5-7-14(13)23(11)10-15-21-18(24)16-12(2)17(20(25)26-3)27-19(16)22-15/h4-7,11H,8-10H2,1-3H3,(H,21,22,24)/t11-/m1/s1. The van der Waals surface area contributed by atoms with Crippen LogP contribution in [0.25, 0.3) is 10.2 Å². The Morgan fingerprint density at radius 3 is 2.96 bits per heavy atom. The van der Waals surface area contributed by atoms with Gasteiger partial charge in [0.15, 0.2) is 0 Å². The number of aryl methyl sites for hydroxylation is 2. The number of benzene rings is 1. The average molecular weight is 383 g/mol. The van der Waals surface area contributed by atoms with E-state index in [0.29, 0.717) is 39.1 Å². The molecular weight excluding hydrogens is 362 g/mol. The van der Waals surface area contributed by atoms with Crippen LogP contribution < -0.4 is 10.5 Å². The normalized spacial score (nSPS) is 16.4. The lowest BCUT2D eigenvalue weighted by molar-refractivity contribution is 0.0605. The Balaban J connectivity index is 1.75. The molecule has 6 nitrogen and oxygen atoms in total. The summed E-state index contributed by atoms with van der Waals surface area (Å²) < 4.78 is 4.81. The van der Waals surface area contributed by atoms with Gasteiger partial charge in [-0.3, -0.25) is 4.79 Å². The number of carbonyl (C=O) groups excluding carboxylic acids is 1. The molecule has 1 aliphatic heterocycles. The number of thiophene rings is 1. The zero-order valence-corrected chi connectivity index (χ0v) is 16.4. The first-order valence-electron chi connectivity index (χ1n) is 8.94. The first kappa shape index (κ1) is 17.7. The minimum atomic E-state index is -0.435. The van der Waals surface area contributed by atoms with E-state index in [1.165, 1.54) is 29.7 Å². The quantitative estimate of drug-likeness (QED) is 0.702. The molecule has 27 heavy (non-hydrogen) atoms. The molecule has 0 amide bonds. The molecule has 1 N–H and O–H groups in total. The molecule has 0 bridgehead atoms. The predicted octanol–water partition coefficient (Wildman–Crippen LogP) is 3.42. The number of para-hydroxylation sites is 1. The van der Waals surface area contributed by atoms with E-state index >= 15 is 0 Å². The van der Waals surface area contributed by atoms with Crippen LogP contribution in [0.2, 0.25) is 0 Å². The highest BCUT2D eigenvalue weighted by Crippen LogP contribution is 2.32. The van der Waals surface area contributed by atoms with Gasteiger partial charge >= 0.3 is 5.97 Å². The Hall–Kier alpha value is -2.67. The van der Waals surface area contributed by atoms with Crippen molar-refractivity contribution in [2.75, 3.05) is 12.0 Å². The smallest absolute Gasteiger partial charge is 0.348 e. The number of hydrogen-bond donors (Lipinski definition) is 1. The topological polar surface area (TPSA) is 75.3 Å². The van der Waals surface area contributed by atoms with E-state index in [-0.39, 0.29) is 5.56 Å². The molecule has 3 heterocycles. The third-order valence-electron chi connectivity index (χ3n) is 5.21. The highest BCUT2D eigenvalue weighted by atomic mass is 32.1. The largest absolute Gasteiger partial charge is 0.465 e. The third kappa shape index (κ3) is 3.02. The number of nitrogens with zero attached hydrogens (tertiary/aromatic N) is 2. The van der Waals surface area contributed by atoms with Crippen molar-refractivity contribution < 1.29 is 9.53 Å². The van der Waals surface area contributed by atoms with Crippen LogP contribution >= 0.6 is 11.3 Å². The molecule has 1 aliphatic rings. The molecule has 1 atom stereocenters. The van der Waals surface area contributed by atoms with Gasteiger partial charge in [0.1, 0.15) is 15.5 Å². The molecule has 1 aromatic carbocycles. The van der Waals surface area contributed by atoms with Crippen LogP contribution in [0, 0.1) is 6.92 Å². The number of aromatic amines is 1. The van der Waals surface area contributed by atoms with Crippen LogP contribution in [-0.4, -0.2) is 29.1 Å². The molecule has 0 spiro atoms. The number of hydrogen-bond acceptors (Lipinski definition) is 6. The van der Waals surface area contributed by atoms with Crippen molar-refractivity contribution in [3.8, 4) is 0 Å². The van der Waals surface area contributed by atoms with E-state index in [0.717, 1.165) is 12.8 Å². The lowest BCUT2D eigenvalue weighted by atomic mass is 9.96. The first-order chi connectivity index (χ1) is 13.0. The van der Waals surface area contributed by atoms with Crippen molar-refractivity contribution in [2.45, 2.75) is 39.3 Å². The van der Waals surface area contributed by atoms with Crippen molar-refractivity contribution in [2.24, 2.45) is 0 Å². The van der Waals surface area contributed by atoms with Gasteiger partial charge in [0, 0.05) is 11.7 Å². The average Bonchev–Trinajstić information content (AvgIpc) is 3.00. The lowest BCUT2D eigenvalue weighted by Gasteiger charge is -2.36. The molecular formula is C20H21N3O3S. The summed E-state index contributed by atoms with van der Waals surface area (Å²) >= 11 is 1.21. The van der Waals surface area contributed by atoms with E-state index in [2.05, 4.69) is 40.0 Å². The number of nitrogens with one attached hydrogen (secondary N) is 1. The molecule has 0 saturated heterocycles. The monoisotopic (exact) mass is 383 g/mol. The van der Waals surface area contributed by atoms with Gasteiger partial charge < -0.3 is 14.6 Å². The molecule has 2 aromatic heterocycles. The maximum absolute atomic E-state index is 12.7. The number of carbonyl (C=O) groups is 1. The van der Waals surface area contributed by atoms with E-state index in [9.17, 15) is 9.59 Å². The van der Waals surface area contributed by atoms with Crippen LogP contribution in [0.1, 0.15) is 40.0 Å². The van der Waals surface area contributed by atoms with Gasteiger partial charge in [0.05, 0.1) is 19.0 Å². The molecule has 7 heteroatoms. The molecule has 0 unspecified atom stereocenters. The fourth-order valence-electron chi connectivity index (χ4n) is 3.71. The highest BCUT2D eigenvalue weighted by molar-refractivity contribution is 7.20. The van der Waals surface area contributed by atoms with E-state index in [1.54, 1.807) is 6.92 Å². The number of rotatable bonds is 3. The summed E-state index contributed by atoms with van der Waals surface area (Å²) in [5.74, 6) is 0.170. The van der Waals surface area contributed by atoms with Crippen LogP contribution in [0.5, 0.6) is 0 Å². The number of H-pyrrole nitrogens is 1. The second-order valence-corrected chi connectivity index (χ2v) is 7.88. The van der Waals surface area contributed by atoms with Gasteiger partial charge in [-0.15, -0.1) is 11.3 Å². The molecule has 140 valence electrons. The number of aromatic nitrogens is 2. The van der Waals surface area contributed by atoms with Crippen LogP contribution in [0.4, 0.5) is 5.69 Å². The van der Waals surface area contributed by atoms with E-state index in [1.807, 2.05) is 6.07 Å². The Morgan fingerprint density at radius 1 is 1.41 bits per heavy atom. The second-order valence-electron chi connectivity index (χ2n) is 6.88. The molecule has 0 radical (unpaired) electrons. The first-order valence-corrected chi connectivity index (χ1v) is 9.76. The number of methoxy groups -OCH3 is 1. The van der Waals surface area contributed by atoms with Crippen LogP contribution in [0.3, 0.4) is 0 Å². The number of anilines is 1. The molecule has 3 aromatic rings. The summed E-state index contributed by atoms with van der Waals surface area (Å²) in [5, 5.41) is 0.469. The van der Waals surface area contributed by atoms with Crippen molar-refractivity contribution in [3.63, 3.8) is 0 Å². The fourth-order valence-corrected chi connectivity index (χ4v) is 4.83. The summed E-state index contributed by atoms with van der Waals surface area (Å²) in [4.78, 5) is 35.4. The third-order valence-corrected chi connectivity index (χ3v) is 6.37. The zero-order valence-electron chi connectivity index (χ0n) is 15.5. The number of fused-ring (bicyclic) bond motifs is 2. The molecule has 0 aliphatic carbocycles. The van der Waals surface area contributed by atoms with Crippen molar-refractivity contribution in [1.29, 1.82) is 0 Å². The van der Waals surface area contributed by atoms with Crippen molar-refractivity contribution >= 4 is 33.2 Å². The van der Waals surface area contributed by atoms with E-state index in [4.69, 9.17) is 4.74 Å². The van der Waals surface area contributed by atoms with E-state index < -0.39 is 5.97 Å². The summed E-state index contributed by atoms with van der Waals surface area (Å²) in [6, 6.07) is 8.72. The van der Waals surface area contributed by atoms with Gasteiger partial charge in [0.2, 0.25) is 0 Å². The van der Waals surface area contributed by atoms with Gasteiger partial charge in [-0.1, -0.05) is 18.2 Å². The lowest BCUT2D eigenvalue weighted by Crippen LogP contribution is -2.37. The molecule has 4 rings (SSSR count). The van der Waals surface area contributed by atoms with Gasteiger partial charge in [-0.05, 0) is 43.9 Å². The summed E-state index contributed by atoms with van der Waals surface area (Å²) in [7, 11) is 1.34. The maximum atomic E-state index is 12.7. The summed E-state index contributed by atoms with van der Waals surface area (Å²) in [6.45, 7) is 4.47. The summed E-state index contributed by atoms with van der Waals surface area (Å²) in [6.07, 6.45) is 2.12.